The standard InChI is InChI=1S/C54H105NO5/c1-4-7-10-13-16-19-22-24-26-28-30-32-34-37-40-43-46-52(57)51(49-56)55-53(58)48-50(60-54(59)47-44-41-38-35-21-18-15-12-9-6-3)45-42-39-36-33-31-29-27-25-23-20-17-14-11-8-5-2/h25,27,50-52,56-57H,4-24,26,28-49H2,1-3H3,(H,55,58)/b27-25+. The number of nitrogens with one attached hydrogen (secondary N) is 1. The third kappa shape index (κ3) is 43.3. The molecule has 0 aromatic rings. The number of unbranched alkanes of at least 4 members (excludes halogenated alkanes) is 35. The molecule has 356 valence electrons. The molecule has 0 aromatic heterocycles. The highest BCUT2D eigenvalue weighted by Gasteiger charge is 2.24. The highest BCUT2D eigenvalue weighted by Crippen LogP contribution is 2.18. The average Bonchev–Trinajstić information content (AvgIpc) is 3.24. The Labute approximate surface area is 374 Å². The molecule has 0 rings (SSSR count). The van der Waals surface area contributed by atoms with Gasteiger partial charge in [0.05, 0.1) is 25.2 Å². The SMILES string of the molecule is CCCCCCCC/C=C/CCCCCCCC(CC(=O)NC(CO)C(O)CCCCCCCCCCCCCCCCCC)OC(=O)CCCCCCCCCCCC. The van der Waals surface area contributed by atoms with Gasteiger partial charge >= 0.3 is 5.97 Å². The van der Waals surface area contributed by atoms with Crippen molar-refractivity contribution >= 4 is 11.9 Å². The summed E-state index contributed by atoms with van der Waals surface area (Å²) in [4.78, 5) is 26.1. The minimum Gasteiger partial charge on any atom is -0.462 e. The van der Waals surface area contributed by atoms with Crippen LogP contribution in [0.3, 0.4) is 0 Å². The number of aliphatic hydroxyl groups is 2. The molecule has 3 atom stereocenters. The van der Waals surface area contributed by atoms with Crippen LogP contribution in [0.5, 0.6) is 0 Å². The molecule has 0 aromatic carbocycles. The normalized spacial score (nSPS) is 13.2. The first kappa shape index (κ1) is 58.6. The second-order valence-corrected chi connectivity index (χ2v) is 18.6. The van der Waals surface area contributed by atoms with Crippen molar-refractivity contribution in [2.75, 3.05) is 6.61 Å². The van der Waals surface area contributed by atoms with Crippen molar-refractivity contribution in [3.63, 3.8) is 0 Å². The van der Waals surface area contributed by atoms with E-state index in [1.807, 2.05) is 0 Å². The van der Waals surface area contributed by atoms with Crippen LogP contribution in [0, 0.1) is 0 Å². The van der Waals surface area contributed by atoms with Crippen molar-refractivity contribution in [3.05, 3.63) is 12.2 Å². The van der Waals surface area contributed by atoms with Gasteiger partial charge in [0.25, 0.3) is 0 Å². The number of hydrogen-bond donors (Lipinski definition) is 3. The minimum atomic E-state index is -0.784. The maximum absolute atomic E-state index is 13.2. The van der Waals surface area contributed by atoms with Gasteiger partial charge in [-0.15, -0.1) is 0 Å². The van der Waals surface area contributed by atoms with Crippen molar-refractivity contribution in [2.45, 2.75) is 315 Å². The molecule has 0 aliphatic carbocycles. The van der Waals surface area contributed by atoms with Gasteiger partial charge in [-0.1, -0.05) is 245 Å². The van der Waals surface area contributed by atoms with Crippen molar-refractivity contribution < 1.29 is 24.5 Å². The summed E-state index contributed by atoms with van der Waals surface area (Å²) in [7, 11) is 0. The molecule has 0 aliphatic rings. The molecule has 6 heteroatoms. The predicted octanol–water partition coefficient (Wildman–Crippen LogP) is 16.1. The second kappa shape index (κ2) is 48.6. The van der Waals surface area contributed by atoms with E-state index < -0.39 is 18.2 Å². The van der Waals surface area contributed by atoms with E-state index in [0.29, 0.717) is 19.3 Å². The van der Waals surface area contributed by atoms with Crippen LogP contribution in [0.15, 0.2) is 12.2 Å². The molecule has 3 unspecified atom stereocenters. The van der Waals surface area contributed by atoms with Gasteiger partial charge in [0.2, 0.25) is 5.91 Å². The molecule has 6 nitrogen and oxygen atoms in total. The minimum absolute atomic E-state index is 0.0788. The van der Waals surface area contributed by atoms with Crippen LogP contribution in [0.25, 0.3) is 0 Å². The van der Waals surface area contributed by atoms with Gasteiger partial charge in [-0.2, -0.15) is 0 Å². The smallest absolute Gasteiger partial charge is 0.306 e. The van der Waals surface area contributed by atoms with E-state index in [9.17, 15) is 19.8 Å². The molecule has 0 saturated carbocycles. The number of aliphatic hydroxyl groups excluding tert-OH is 2. The lowest BCUT2D eigenvalue weighted by Gasteiger charge is -2.24. The highest BCUT2D eigenvalue weighted by molar-refractivity contribution is 5.77. The van der Waals surface area contributed by atoms with Crippen molar-refractivity contribution in [1.82, 2.24) is 5.32 Å². The quantitative estimate of drug-likeness (QED) is 0.0322. The van der Waals surface area contributed by atoms with Gasteiger partial charge in [0, 0.05) is 6.42 Å². The first-order chi connectivity index (χ1) is 29.5. The fourth-order valence-corrected chi connectivity index (χ4v) is 8.49. The van der Waals surface area contributed by atoms with Gasteiger partial charge in [-0.05, 0) is 51.4 Å². The number of carbonyl (C=O) groups excluding carboxylic acids is 2. The van der Waals surface area contributed by atoms with Gasteiger partial charge in [0.1, 0.15) is 6.10 Å². The summed E-state index contributed by atoms with van der Waals surface area (Å²) in [6.45, 7) is 6.50. The number of esters is 1. The first-order valence-corrected chi connectivity index (χ1v) is 26.9. The number of allylic oxidation sites excluding steroid dienone is 2. The zero-order valence-electron chi connectivity index (χ0n) is 40.6. The molecule has 0 saturated heterocycles. The molecule has 3 N–H and O–H groups in total. The Morgan fingerprint density at radius 1 is 0.467 bits per heavy atom. The summed E-state index contributed by atoms with van der Waals surface area (Å²) in [6.07, 6.45) is 54.1. The molecule has 0 fully saturated rings. The molecular formula is C54H105NO5. The number of carbonyl (C=O) groups is 2. The van der Waals surface area contributed by atoms with E-state index in [1.54, 1.807) is 0 Å². The van der Waals surface area contributed by atoms with Gasteiger partial charge in [-0.25, -0.2) is 0 Å². The number of rotatable bonds is 49. The van der Waals surface area contributed by atoms with Crippen LogP contribution < -0.4 is 5.32 Å². The van der Waals surface area contributed by atoms with Gasteiger partial charge in [-0.3, -0.25) is 9.59 Å². The maximum Gasteiger partial charge on any atom is 0.306 e. The molecule has 0 radical (unpaired) electrons. The van der Waals surface area contributed by atoms with Crippen molar-refractivity contribution in [1.29, 1.82) is 0 Å². The zero-order chi connectivity index (χ0) is 43.8. The Hall–Kier alpha value is -1.40. The van der Waals surface area contributed by atoms with Crippen molar-refractivity contribution in [3.8, 4) is 0 Å². The van der Waals surface area contributed by atoms with Crippen LogP contribution in [-0.2, 0) is 14.3 Å². The topological polar surface area (TPSA) is 95.9 Å². The van der Waals surface area contributed by atoms with Crippen LogP contribution in [-0.4, -0.2) is 46.9 Å². The molecule has 0 bridgehead atoms. The largest absolute Gasteiger partial charge is 0.462 e. The molecule has 0 heterocycles. The van der Waals surface area contributed by atoms with E-state index in [4.69, 9.17) is 4.74 Å². The summed E-state index contributed by atoms with van der Waals surface area (Å²) >= 11 is 0. The second-order valence-electron chi connectivity index (χ2n) is 18.6. The molecule has 0 aliphatic heterocycles. The van der Waals surface area contributed by atoms with Crippen molar-refractivity contribution in [2.24, 2.45) is 0 Å². The lowest BCUT2D eigenvalue weighted by Crippen LogP contribution is -2.46. The fraction of sp³-hybridized carbons (Fsp3) is 0.926. The van der Waals surface area contributed by atoms with Gasteiger partial charge in [0.15, 0.2) is 0 Å². The third-order valence-electron chi connectivity index (χ3n) is 12.6. The summed E-state index contributed by atoms with van der Waals surface area (Å²) in [5.74, 6) is -0.466. The van der Waals surface area contributed by atoms with Gasteiger partial charge < -0.3 is 20.3 Å². The zero-order valence-corrected chi connectivity index (χ0v) is 40.6. The van der Waals surface area contributed by atoms with Crippen LogP contribution in [0.4, 0.5) is 0 Å². The molecule has 0 spiro atoms. The average molecular weight is 848 g/mol. The molecule has 60 heavy (non-hydrogen) atoms. The highest BCUT2D eigenvalue weighted by atomic mass is 16.5. The fourth-order valence-electron chi connectivity index (χ4n) is 8.49. The van der Waals surface area contributed by atoms with Crippen LogP contribution in [0.1, 0.15) is 297 Å². The number of ether oxygens (including phenoxy) is 1. The summed E-state index contributed by atoms with van der Waals surface area (Å²) < 4.78 is 5.93. The lowest BCUT2D eigenvalue weighted by molar-refractivity contribution is -0.151. The van der Waals surface area contributed by atoms with E-state index in [1.165, 1.54) is 193 Å². The Morgan fingerprint density at radius 2 is 0.800 bits per heavy atom. The molecular weight excluding hydrogens is 743 g/mol. The van der Waals surface area contributed by atoms with Crippen LogP contribution >= 0.6 is 0 Å². The first-order valence-electron chi connectivity index (χ1n) is 26.9. The Kier molecular flexibility index (Phi) is 47.5. The number of amides is 1. The number of hydrogen-bond acceptors (Lipinski definition) is 5. The maximum atomic E-state index is 13.2. The van der Waals surface area contributed by atoms with E-state index in [2.05, 4.69) is 38.2 Å². The monoisotopic (exact) mass is 848 g/mol. The van der Waals surface area contributed by atoms with Crippen LogP contribution in [0.2, 0.25) is 0 Å². The predicted molar refractivity (Wildman–Crippen MR) is 260 cm³/mol. The van der Waals surface area contributed by atoms with E-state index >= 15 is 0 Å². The summed E-state index contributed by atoms with van der Waals surface area (Å²) in [5, 5.41) is 23.8. The van der Waals surface area contributed by atoms with E-state index in [0.717, 1.165) is 57.8 Å². The van der Waals surface area contributed by atoms with E-state index in [-0.39, 0.29) is 24.9 Å². The Morgan fingerprint density at radius 3 is 1.18 bits per heavy atom. The summed E-state index contributed by atoms with van der Waals surface area (Å²) in [6, 6.07) is -0.698. The Bertz CT molecular complexity index is 909. The third-order valence-corrected chi connectivity index (χ3v) is 12.6. The molecule has 1 amide bonds. The lowest BCUT2D eigenvalue weighted by atomic mass is 10.0. The Balaban J connectivity index is 4.48. The summed E-state index contributed by atoms with van der Waals surface area (Å²) in [5.41, 5.74) is 0.